The van der Waals surface area contributed by atoms with Crippen molar-refractivity contribution >= 4 is 16.7 Å². The molecule has 1 aromatic heterocycles. The average Bonchev–Trinajstić information content (AvgIpc) is 2.54. The van der Waals surface area contributed by atoms with Gasteiger partial charge in [-0.15, -0.1) is 0 Å². The molecule has 6 heteroatoms. The number of anilines is 1. The highest BCUT2D eigenvalue weighted by molar-refractivity contribution is 5.88. The Morgan fingerprint density at radius 1 is 1.27 bits per heavy atom. The van der Waals surface area contributed by atoms with Crippen LogP contribution in [0.4, 0.5) is 10.2 Å². The number of fused-ring (bicyclic) bond motifs is 1. The van der Waals surface area contributed by atoms with Crippen LogP contribution in [0.15, 0.2) is 24.5 Å². The highest BCUT2D eigenvalue weighted by atomic mass is 19.1. The molecule has 1 aromatic carbocycles. The van der Waals surface area contributed by atoms with Gasteiger partial charge in [-0.2, -0.15) is 0 Å². The van der Waals surface area contributed by atoms with Gasteiger partial charge in [-0.05, 0) is 42.9 Å². The average molecular weight is 305 g/mol. The molecule has 0 unspecified atom stereocenters. The van der Waals surface area contributed by atoms with Crippen LogP contribution in [0, 0.1) is 11.2 Å². The van der Waals surface area contributed by atoms with Gasteiger partial charge in [0.2, 0.25) is 0 Å². The number of hydrogen-bond donors (Lipinski definition) is 2. The lowest BCUT2D eigenvalue weighted by Gasteiger charge is -2.37. The summed E-state index contributed by atoms with van der Waals surface area (Å²) in [4.78, 5) is 8.39. The van der Waals surface area contributed by atoms with Crippen molar-refractivity contribution in [2.75, 3.05) is 31.7 Å². The maximum absolute atomic E-state index is 13.5. The van der Waals surface area contributed by atoms with E-state index in [1.54, 1.807) is 6.07 Å². The molecule has 0 spiro atoms. The molecule has 1 aliphatic rings. The van der Waals surface area contributed by atoms with Gasteiger partial charge >= 0.3 is 0 Å². The van der Waals surface area contributed by atoms with Crippen LogP contribution in [0.1, 0.15) is 19.3 Å². The number of ether oxygens (including phenoxy) is 1. The number of aromatic nitrogens is 2. The van der Waals surface area contributed by atoms with Crippen LogP contribution in [0.3, 0.4) is 0 Å². The number of aliphatic hydroxyl groups is 1. The molecule has 0 atom stereocenters. The van der Waals surface area contributed by atoms with Crippen molar-refractivity contribution in [1.29, 1.82) is 0 Å². The van der Waals surface area contributed by atoms with Crippen LogP contribution >= 0.6 is 0 Å². The van der Waals surface area contributed by atoms with E-state index in [1.807, 2.05) is 0 Å². The molecule has 0 bridgehead atoms. The van der Waals surface area contributed by atoms with Gasteiger partial charge in [0.05, 0.1) is 5.52 Å². The Morgan fingerprint density at radius 3 is 2.86 bits per heavy atom. The molecule has 22 heavy (non-hydrogen) atoms. The zero-order chi connectivity index (χ0) is 15.4. The lowest BCUT2D eigenvalue weighted by Crippen LogP contribution is -2.37. The Morgan fingerprint density at radius 2 is 2.09 bits per heavy atom. The first-order valence-electron chi connectivity index (χ1n) is 7.55. The molecule has 0 saturated carbocycles. The fraction of sp³-hybridized carbons (Fsp3) is 0.500. The number of benzene rings is 1. The zero-order valence-electron chi connectivity index (χ0n) is 12.4. The number of nitrogens with zero attached hydrogens (tertiary/aromatic N) is 2. The van der Waals surface area contributed by atoms with Gasteiger partial charge in [-0.1, -0.05) is 0 Å². The summed E-state index contributed by atoms with van der Waals surface area (Å²) >= 11 is 0. The highest BCUT2D eigenvalue weighted by Gasteiger charge is 2.32. The molecule has 1 saturated heterocycles. The molecule has 2 N–H and O–H groups in total. The van der Waals surface area contributed by atoms with Crippen molar-refractivity contribution in [3.05, 3.63) is 30.3 Å². The molecule has 0 radical (unpaired) electrons. The van der Waals surface area contributed by atoms with Crippen molar-refractivity contribution < 1.29 is 14.2 Å². The third kappa shape index (κ3) is 3.18. The smallest absolute Gasteiger partial charge is 0.137 e. The molecule has 118 valence electrons. The lowest BCUT2D eigenvalue weighted by atomic mass is 9.77. The van der Waals surface area contributed by atoms with E-state index in [4.69, 9.17) is 4.74 Å². The fourth-order valence-corrected chi connectivity index (χ4v) is 3.00. The van der Waals surface area contributed by atoms with Crippen molar-refractivity contribution in [2.24, 2.45) is 5.41 Å². The van der Waals surface area contributed by atoms with Gasteiger partial charge < -0.3 is 15.2 Å². The van der Waals surface area contributed by atoms with Crippen molar-refractivity contribution in [3.63, 3.8) is 0 Å². The first-order valence-corrected chi connectivity index (χ1v) is 7.55. The van der Waals surface area contributed by atoms with Crippen LogP contribution in [-0.2, 0) is 4.74 Å². The molecule has 2 aromatic rings. The quantitative estimate of drug-likeness (QED) is 0.887. The second-order valence-electron chi connectivity index (χ2n) is 5.82. The summed E-state index contributed by atoms with van der Waals surface area (Å²) in [5.41, 5.74) is 0.708. The van der Waals surface area contributed by atoms with Crippen LogP contribution < -0.4 is 5.32 Å². The van der Waals surface area contributed by atoms with Crippen LogP contribution in [0.5, 0.6) is 0 Å². The second kappa shape index (κ2) is 6.54. The summed E-state index contributed by atoms with van der Waals surface area (Å²) in [5.74, 6) is 0.329. The Hall–Kier alpha value is -1.79. The molecule has 5 nitrogen and oxygen atoms in total. The largest absolute Gasteiger partial charge is 0.396 e. The second-order valence-corrected chi connectivity index (χ2v) is 5.82. The monoisotopic (exact) mass is 305 g/mol. The molecule has 1 aliphatic heterocycles. The standard InChI is InChI=1S/C16H20FN3O2/c17-12-1-2-14-13(9-12)15(20-11-19-14)18-10-16(3-6-21)4-7-22-8-5-16/h1-2,9,11,21H,3-8,10H2,(H,18,19,20). The van der Waals surface area contributed by atoms with Gasteiger partial charge in [0.1, 0.15) is 18.0 Å². The summed E-state index contributed by atoms with van der Waals surface area (Å²) < 4.78 is 18.9. The first-order chi connectivity index (χ1) is 10.7. The highest BCUT2D eigenvalue weighted by Crippen LogP contribution is 2.34. The van der Waals surface area contributed by atoms with Crippen molar-refractivity contribution in [1.82, 2.24) is 9.97 Å². The van der Waals surface area contributed by atoms with E-state index in [0.717, 1.165) is 19.3 Å². The molecule has 1 fully saturated rings. The van der Waals surface area contributed by atoms with E-state index in [9.17, 15) is 9.50 Å². The summed E-state index contributed by atoms with van der Waals surface area (Å²) in [6.07, 6.45) is 4.00. The van der Waals surface area contributed by atoms with Gasteiger partial charge in [0.15, 0.2) is 0 Å². The van der Waals surface area contributed by atoms with Gasteiger partial charge in [0, 0.05) is 31.8 Å². The topological polar surface area (TPSA) is 67.3 Å². The molecular formula is C16H20FN3O2. The summed E-state index contributed by atoms with van der Waals surface area (Å²) in [5, 5.41) is 13.3. The van der Waals surface area contributed by atoms with Gasteiger partial charge in [0.25, 0.3) is 0 Å². The molecule has 3 rings (SSSR count). The molecular weight excluding hydrogens is 285 g/mol. The fourth-order valence-electron chi connectivity index (χ4n) is 3.00. The number of aliphatic hydroxyl groups excluding tert-OH is 1. The minimum absolute atomic E-state index is 0.00238. The predicted octanol–water partition coefficient (Wildman–Crippen LogP) is 2.36. The van der Waals surface area contributed by atoms with Crippen molar-refractivity contribution in [3.8, 4) is 0 Å². The van der Waals surface area contributed by atoms with Gasteiger partial charge in [-0.25, -0.2) is 14.4 Å². The normalized spacial score (nSPS) is 17.5. The van der Waals surface area contributed by atoms with E-state index in [-0.39, 0.29) is 17.8 Å². The number of nitrogens with one attached hydrogen (secondary N) is 1. The van der Waals surface area contributed by atoms with E-state index in [0.29, 0.717) is 36.5 Å². The maximum atomic E-state index is 13.5. The Balaban J connectivity index is 1.81. The third-order valence-corrected chi connectivity index (χ3v) is 4.42. The van der Waals surface area contributed by atoms with E-state index >= 15 is 0 Å². The van der Waals surface area contributed by atoms with Crippen molar-refractivity contribution in [2.45, 2.75) is 19.3 Å². The number of halogens is 1. The Bertz CT molecular complexity index is 639. The zero-order valence-corrected chi connectivity index (χ0v) is 12.4. The number of rotatable bonds is 5. The summed E-state index contributed by atoms with van der Waals surface area (Å²) in [6.45, 7) is 2.25. The minimum Gasteiger partial charge on any atom is -0.396 e. The Kier molecular flexibility index (Phi) is 4.49. The van der Waals surface area contributed by atoms with Crippen LogP contribution in [-0.4, -0.2) is 41.4 Å². The molecule has 0 amide bonds. The first kappa shape index (κ1) is 15.1. The lowest BCUT2D eigenvalue weighted by molar-refractivity contribution is 0.00903. The number of hydrogen-bond acceptors (Lipinski definition) is 5. The van der Waals surface area contributed by atoms with E-state index in [2.05, 4.69) is 15.3 Å². The van der Waals surface area contributed by atoms with Crippen LogP contribution in [0.25, 0.3) is 10.9 Å². The summed E-state index contributed by atoms with van der Waals surface area (Å²) in [6, 6.07) is 4.49. The van der Waals surface area contributed by atoms with E-state index in [1.165, 1.54) is 18.5 Å². The molecule has 0 aliphatic carbocycles. The van der Waals surface area contributed by atoms with Crippen LogP contribution in [0.2, 0.25) is 0 Å². The maximum Gasteiger partial charge on any atom is 0.137 e. The van der Waals surface area contributed by atoms with E-state index < -0.39 is 0 Å². The molecule has 2 heterocycles. The third-order valence-electron chi connectivity index (χ3n) is 4.42. The predicted molar refractivity (Wildman–Crippen MR) is 82.2 cm³/mol. The SMILES string of the molecule is OCCC1(CNc2ncnc3ccc(F)cc23)CCOCC1. The minimum atomic E-state index is -0.304. The van der Waals surface area contributed by atoms with Gasteiger partial charge in [-0.3, -0.25) is 0 Å². The summed E-state index contributed by atoms with van der Waals surface area (Å²) in [7, 11) is 0. The Labute approximate surface area is 128 Å².